The third-order valence-corrected chi connectivity index (χ3v) is 4.42. The zero-order valence-corrected chi connectivity index (χ0v) is 15.3. The molecule has 3 atom stereocenters. The maximum absolute atomic E-state index is 6.22. The Balaban J connectivity index is 2.45. The van der Waals surface area contributed by atoms with Gasteiger partial charge in [0, 0.05) is 11.3 Å². The Morgan fingerprint density at radius 3 is 1.95 bits per heavy atom. The SMILES string of the molecule is CCCCCC[C@H]1C[C@H](CCCCCl)O[C@@H](C(C)(C)C)O1. The van der Waals surface area contributed by atoms with Crippen LogP contribution in [0.15, 0.2) is 0 Å². The summed E-state index contributed by atoms with van der Waals surface area (Å²) < 4.78 is 12.4. The maximum atomic E-state index is 6.22. The molecular weight excluding hydrogens is 284 g/mol. The predicted molar refractivity (Wildman–Crippen MR) is 90.9 cm³/mol. The van der Waals surface area contributed by atoms with Crippen LogP contribution in [0, 0.1) is 5.41 Å². The van der Waals surface area contributed by atoms with Crippen molar-refractivity contribution in [2.24, 2.45) is 5.41 Å². The van der Waals surface area contributed by atoms with Gasteiger partial charge < -0.3 is 9.47 Å². The van der Waals surface area contributed by atoms with Crippen molar-refractivity contribution in [1.29, 1.82) is 0 Å². The van der Waals surface area contributed by atoms with Crippen molar-refractivity contribution in [3.8, 4) is 0 Å². The molecule has 0 bridgehead atoms. The molecule has 0 aliphatic carbocycles. The summed E-state index contributed by atoms with van der Waals surface area (Å²) >= 11 is 5.78. The molecule has 1 aliphatic heterocycles. The highest BCUT2D eigenvalue weighted by molar-refractivity contribution is 6.17. The van der Waals surface area contributed by atoms with Crippen molar-refractivity contribution in [2.45, 2.75) is 104 Å². The van der Waals surface area contributed by atoms with Crippen LogP contribution in [0.2, 0.25) is 0 Å². The number of rotatable bonds is 9. The van der Waals surface area contributed by atoms with Crippen LogP contribution in [0.5, 0.6) is 0 Å². The lowest BCUT2D eigenvalue weighted by molar-refractivity contribution is -0.281. The molecule has 0 N–H and O–H groups in total. The molecule has 0 aromatic rings. The quantitative estimate of drug-likeness (QED) is 0.388. The summed E-state index contributed by atoms with van der Waals surface area (Å²) in [6.07, 6.45) is 11.5. The zero-order valence-electron chi connectivity index (χ0n) is 14.5. The molecule has 21 heavy (non-hydrogen) atoms. The first-order valence-electron chi connectivity index (χ1n) is 8.84. The average molecular weight is 319 g/mol. The van der Waals surface area contributed by atoms with E-state index >= 15 is 0 Å². The summed E-state index contributed by atoms with van der Waals surface area (Å²) in [5, 5.41) is 0. The molecule has 1 aliphatic rings. The molecule has 3 heteroatoms. The van der Waals surface area contributed by atoms with E-state index in [1.54, 1.807) is 0 Å². The topological polar surface area (TPSA) is 18.5 Å². The molecule has 0 aromatic heterocycles. The Morgan fingerprint density at radius 2 is 1.48 bits per heavy atom. The van der Waals surface area contributed by atoms with E-state index in [0.29, 0.717) is 12.2 Å². The Bertz CT molecular complexity index is 262. The minimum Gasteiger partial charge on any atom is -0.349 e. The first-order chi connectivity index (χ1) is 9.97. The van der Waals surface area contributed by atoms with Gasteiger partial charge in [-0.3, -0.25) is 0 Å². The molecule has 0 unspecified atom stereocenters. The second-order valence-electron chi connectivity index (χ2n) is 7.48. The number of alkyl halides is 1. The van der Waals surface area contributed by atoms with Crippen LogP contribution in [-0.2, 0) is 9.47 Å². The second-order valence-corrected chi connectivity index (χ2v) is 7.86. The van der Waals surface area contributed by atoms with E-state index in [2.05, 4.69) is 27.7 Å². The van der Waals surface area contributed by atoms with Gasteiger partial charge in [0.25, 0.3) is 0 Å². The molecule has 0 spiro atoms. The van der Waals surface area contributed by atoms with Crippen molar-refractivity contribution in [3.05, 3.63) is 0 Å². The molecule has 1 saturated heterocycles. The number of hydrogen-bond donors (Lipinski definition) is 0. The van der Waals surface area contributed by atoms with E-state index < -0.39 is 0 Å². The fraction of sp³-hybridized carbons (Fsp3) is 1.00. The van der Waals surface area contributed by atoms with Gasteiger partial charge >= 0.3 is 0 Å². The average Bonchev–Trinajstić information content (AvgIpc) is 2.43. The Kier molecular flexibility index (Phi) is 9.24. The van der Waals surface area contributed by atoms with Crippen LogP contribution in [0.3, 0.4) is 0 Å². The highest BCUT2D eigenvalue weighted by Gasteiger charge is 2.36. The Labute approximate surface area is 136 Å². The van der Waals surface area contributed by atoms with Crippen LogP contribution in [-0.4, -0.2) is 24.4 Å². The fourth-order valence-corrected chi connectivity index (χ4v) is 3.02. The Hall–Kier alpha value is 0.210. The van der Waals surface area contributed by atoms with Crippen molar-refractivity contribution in [2.75, 3.05) is 5.88 Å². The largest absolute Gasteiger partial charge is 0.349 e. The highest BCUT2D eigenvalue weighted by atomic mass is 35.5. The summed E-state index contributed by atoms with van der Waals surface area (Å²) in [4.78, 5) is 0. The molecule has 1 rings (SSSR count). The van der Waals surface area contributed by atoms with E-state index in [9.17, 15) is 0 Å². The van der Waals surface area contributed by atoms with Crippen molar-refractivity contribution >= 4 is 11.6 Å². The minimum absolute atomic E-state index is 0.0484. The van der Waals surface area contributed by atoms with Crippen LogP contribution in [0.1, 0.15) is 85.5 Å². The molecule has 0 amide bonds. The molecule has 0 radical (unpaired) electrons. The summed E-state index contributed by atoms with van der Waals surface area (Å²) in [6.45, 7) is 8.86. The van der Waals surface area contributed by atoms with Crippen molar-refractivity contribution in [3.63, 3.8) is 0 Å². The minimum atomic E-state index is -0.0663. The standard InChI is InChI=1S/C18H35ClO2/c1-5-6-7-8-11-15-14-16(12-9-10-13-19)21-17(20-15)18(2,3)4/h15-17H,5-14H2,1-4H3/t15-,16-,17-/m0/s1. The molecule has 126 valence electrons. The van der Waals surface area contributed by atoms with Crippen molar-refractivity contribution < 1.29 is 9.47 Å². The first-order valence-corrected chi connectivity index (χ1v) is 9.37. The van der Waals surface area contributed by atoms with Gasteiger partial charge in [-0.05, 0) is 32.1 Å². The van der Waals surface area contributed by atoms with Crippen molar-refractivity contribution in [1.82, 2.24) is 0 Å². The van der Waals surface area contributed by atoms with Gasteiger partial charge in [0.15, 0.2) is 6.29 Å². The highest BCUT2D eigenvalue weighted by Crippen LogP contribution is 2.34. The van der Waals surface area contributed by atoms with Gasteiger partial charge in [-0.15, -0.1) is 11.6 Å². The van der Waals surface area contributed by atoms with Crippen LogP contribution in [0.4, 0.5) is 0 Å². The summed E-state index contributed by atoms with van der Waals surface area (Å²) in [6, 6.07) is 0. The van der Waals surface area contributed by atoms with Gasteiger partial charge in [-0.1, -0.05) is 53.4 Å². The predicted octanol–water partition coefficient (Wildman–Crippen LogP) is 5.91. The van der Waals surface area contributed by atoms with E-state index in [1.807, 2.05) is 0 Å². The molecule has 0 saturated carbocycles. The first kappa shape index (κ1) is 19.3. The van der Waals surface area contributed by atoms with Crippen LogP contribution in [0.25, 0.3) is 0 Å². The lowest BCUT2D eigenvalue weighted by Gasteiger charge is -2.41. The summed E-state index contributed by atoms with van der Waals surface area (Å²) in [7, 11) is 0. The van der Waals surface area contributed by atoms with Crippen LogP contribution < -0.4 is 0 Å². The van der Waals surface area contributed by atoms with E-state index in [0.717, 1.165) is 31.6 Å². The molecular formula is C18H35ClO2. The van der Waals surface area contributed by atoms with E-state index in [-0.39, 0.29) is 11.7 Å². The van der Waals surface area contributed by atoms with Gasteiger partial charge in [0.1, 0.15) is 0 Å². The smallest absolute Gasteiger partial charge is 0.163 e. The third kappa shape index (κ3) is 7.85. The second kappa shape index (κ2) is 10.1. The van der Waals surface area contributed by atoms with Crippen LogP contribution >= 0.6 is 11.6 Å². The van der Waals surface area contributed by atoms with Gasteiger partial charge in [0.05, 0.1) is 12.2 Å². The third-order valence-electron chi connectivity index (χ3n) is 4.15. The molecule has 2 nitrogen and oxygen atoms in total. The number of ether oxygens (including phenoxy) is 2. The molecule has 1 heterocycles. The number of hydrogen-bond acceptors (Lipinski definition) is 2. The Morgan fingerprint density at radius 1 is 0.905 bits per heavy atom. The summed E-state index contributed by atoms with van der Waals surface area (Å²) in [5.74, 6) is 0.756. The number of unbranched alkanes of at least 4 members (excludes halogenated alkanes) is 4. The lowest BCUT2D eigenvalue weighted by atomic mass is 9.92. The molecule has 0 aromatic carbocycles. The maximum Gasteiger partial charge on any atom is 0.163 e. The number of halogens is 1. The zero-order chi connectivity index (χ0) is 15.7. The van der Waals surface area contributed by atoms with E-state index in [4.69, 9.17) is 21.1 Å². The fourth-order valence-electron chi connectivity index (χ4n) is 2.83. The van der Waals surface area contributed by atoms with Gasteiger partial charge in [-0.2, -0.15) is 0 Å². The lowest BCUT2D eigenvalue weighted by Crippen LogP contribution is -2.44. The monoisotopic (exact) mass is 318 g/mol. The normalized spacial score (nSPS) is 27.0. The van der Waals surface area contributed by atoms with Gasteiger partial charge in [0.2, 0.25) is 0 Å². The molecule has 1 fully saturated rings. The summed E-state index contributed by atoms with van der Waals surface area (Å²) in [5.41, 5.74) is 0.0484. The van der Waals surface area contributed by atoms with Gasteiger partial charge in [-0.25, -0.2) is 0 Å². The van der Waals surface area contributed by atoms with E-state index in [1.165, 1.54) is 32.1 Å².